The molecule has 0 bridgehead atoms. The summed E-state index contributed by atoms with van der Waals surface area (Å²) in [6.07, 6.45) is 0. The minimum atomic E-state index is -0.486. The van der Waals surface area contributed by atoms with Crippen molar-refractivity contribution in [2.75, 3.05) is 12.4 Å². The fourth-order valence-electron chi connectivity index (χ4n) is 2.76. The summed E-state index contributed by atoms with van der Waals surface area (Å²) < 4.78 is 19.7. The van der Waals surface area contributed by atoms with Crippen LogP contribution >= 0.6 is 0 Å². The van der Waals surface area contributed by atoms with Crippen molar-refractivity contribution in [2.24, 2.45) is 0 Å². The number of ether oxygens (including phenoxy) is 1. The van der Waals surface area contributed by atoms with Crippen molar-refractivity contribution >= 4 is 11.6 Å². The van der Waals surface area contributed by atoms with Crippen LogP contribution in [0, 0.1) is 5.82 Å². The van der Waals surface area contributed by atoms with Crippen molar-refractivity contribution in [2.45, 2.75) is 12.8 Å². The number of benzene rings is 3. The number of rotatable bonds is 5. The lowest BCUT2D eigenvalue weighted by Crippen LogP contribution is -2.19. The molecule has 0 aliphatic heterocycles. The molecule has 1 amide bonds. The first kappa shape index (κ1) is 17.7. The molecule has 0 spiro atoms. The summed E-state index contributed by atoms with van der Waals surface area (Å²) in [5.41, 5.74) is 2.60. The first-order valence-corrected chi connectivity index (χ1v) is 8.38. The highest BCUT2D eigenvalue weighted by Gasteiger charge is 2.17. The monoisotopic (exact) mass is 349 g/mol. The first-order chi connectivity index (χ1) is 12.6. The van der Waals surface area contributed by atoms with Crippen molar-refractivity contribution < 1.29 is 13.9 Å². The number of amides is 1. The van der Waals surface area contributed by atoms with Gasteiger partial charge in [0.05, 0.1) is 13.0 Å². The molecule has 132 valence electrons. The Morgan fingerprint density at radius 2 is 1.77 bits per heavy atom. The van der Waals surface area contributed by atoms with Gasteiger partial charge in [-0.15, -0.1) is 0 Å². The van der Waals surface area contributed by atoms with Gasteiger partial charge >= 0.3 is 0 Å². The number of carbonyl (C=O) groups is 1. The van der Waals surface area contributed by atoms with E-state index in [1.54, 1.807) is 50.4 Å². The average Bonchev–Trinajstić information content (AvgIpc) is 2.68. The lowest BCUT2D eigenvalue weighted by molar-refractivity contribution is -0.117. The van der Waals surface area contributed by atoms with Gasteiger partial charge in [-0.1, -0.05) is 48.5 Å². The van der Waals surface area contributed by atoms with E-state index >= 15 is 0 Å². The lowest BCUT2D eigenvalue weighted by atomic mass is 9.96. The summed E-state index contributed by atoms with van der Waals surface area (Å²) in [7, 11) is 1.57. The van der Waals surface area contributed by atoms with Crippen LogP contribution in [0.3, 0.4) is 0 Å². The van der Waals surface area contributed by atoms with E-state index < -0.39 is 5.92 Å². The Hall–Kier alpha value is -3.14. The van der Waals surface area contributed by atoms with Gasteiger partial charge in [-0.05, 0) is 36.2 Å². The molecule has 0 heterocycles. The summed E-state index contributed by atoms with van der Waals surface area (Å²) in [6.45, 7) is 1.76. The van der Waals surface area contributed by atoms with Gasteiger partial charge in [-0.2, -0.15) is 0 Å². The molecule has 0 fully saturated rings. The maximum absolute atomic E-state index is 14.5. The van der Waals surface area contributed by atoms with Gasteiger partial charge in [0.25, 0.3) is 0 Å². The van der Waals surface area contributed by atoms with E-state index in [2.05, 4.69) is 5.32 Å². The van der Waals surface area contributed by atoms with Gasteiger partial charge in [-0.25, -0.2) is 4.39 Å². The van der Waals surface area contributed by atoms with Gasteiger partial charge < -0.3 is 10.1 Å². The van der Waals surface area contributed by atoms with E-state index in [0.717, 1.165) is 5.56 Å². The zero-order valence-corrected chi connectivity index (χ0v) is 14.7. The first-order valence-electron chi connectivity index (χ1n) is 8.38. The highest BCUT2D eigenvalue weighted by molar-refractivity contribution is 5.95. The normalized spacial score (nSPS) is 11.7. The van der Waals surface area contributed by atoms with Crippen molar-refractivity contribution in [3.63, 3.8) is 0 Å². The van der Waals surface area contributed by atoms with Crippen LogP contribution in [0.1, 0.15) is 18.4 Å². The van der Waals surface area contributed by atoms with Crippen LogP contribution in [0.2, 0.25) is 0 Å². The van der Waals surface area contributed by atoms with Gasteiger partial charge in [0, 0.05) is 17.3 Å². The van der Waals surface area contributed by atoms with E-state index in [-0.39, 0.29) is 11.7 Å². The summed E-state index contributed by atoms with van der Waals surface area (Å²) >= 11 is 0. The second-order valence-corrected chi connectivity index (χ2v) is 6.05. The number of carbonyl (C=O) groups excluding carboxylic acids is 1. The SMILES string of the molecule is COc1cccc(NC(=O)C(C)c2ccc(-c3ccccc3)c(F)c2)c1. The molecule has 3 nitrogen and oxygen atoms in total. The van der Waals surface area contributed by atoms with Crippen LogP contribution in [0.25, 0.3) is 11.1 Å². The Balaban J connectivity index is 1.77. The van der Waals surface area contributed by atoms with Crippen LogP contribution < -0.4 is 10.1 Å². The van der Waals surface area contributed by atoms with E-state index in [1.807, 2.05) is 30.3 Å². The van der Waals surface area contributed by atoms with Crippen molar-refractivity contribution in [1.29, 1.82) is 0 Å². The third-order valence-corrected chi connectivity index (χ3v) is 4.31. The maximum Gasteiger partial charge on any atom is 0.231 e. The number of hydrogen-bond acceptors (Lipinski definition) is 2. The predicted octanol–water partition coefficient (Wildman–Crippen LogP) is 5.24. The fourth-order valence-corrected chi connectivity index (χ4v) is 2.76. The minimum absolute atomic E-state index is 0.204. The van der Waals surface area contributed by atoms with Crippen LogP contribution in [-0.2, 0) is 4.79 Å². The highest BCUT2D eigenvalue weighted by Crippen LogP contribution is 2.27. The summed E-state index contributed by atoms with van der Waals surface area (Å²) in [4.78, 5) is 12.5. The smallest absolute Gasteiger partial charge is 0.231 e. The predicted molar refractivity (Wildman–Crippen MR) is 102 cm³/mol. The number of anilines is 1. The molecule has 1 unspecified atom stereocenters. The van der Waals surface area contributed by atoms with Crippen molar-refractivity contribution in [3.8, 4) is 16.9 Å². The second kappa shape index (κ2) is 7.83. The average molecular weight is 349 g/mol. The van der Waals surface area contributed by atoms with Gasteiger partial charge in [0.15, 0.2) is 0 Å². The summed E-state index contributed by atoms with van der Waals surface area (Å²) in [5, 5.41) is 2.84. The van der Waals surface area contributed by atoms with Crippen molar-refractivity contribution in [1.82, 2.24) is 0 Å². The quantitative estimate of drug-likeness (QED) is 0.684. The maximum atomic E-state index is 14.5. The zero-order valence-electron chi connectivity index (χ0n) is 14.7. The Bertz CT molecular complexity index is 909. The Kier molecular flexibility index (Phi) is 5.32. The number of halogens is 1. The molecule has 4 heteroatoms. The molecular formula is C22H20FNO2. The zero-order chi connectivity index (χ0) is 18.5. The molecule has 3 aromatic carbocycles. The molecule has 1 N–H and O–H groups in total. The van der Waals surface area contributed by atoms with Crippen LogP contribution in [-0.4, -0.2) is 13.0 Å². The van der Waals surface area contributed by atoms with Crippen molar-refractivity contribution in [3.05, 3.63) is 84.2 Å². The van der Waals surface area contributed by atoms with E-state index in [0.29, 0.717) is 22.6 Å². The molecule has 0 aromatic heterocycles. The highest BCUT2D eigenvalue weighted by atomic mass is 19.1. The molecule has 0 aliphatic rings. The minimum Gasteiger partial charge on any atom is -0.497 e. The van der Waals surface area contributed by atoms with Gasteiger partial charge in [0.2, 0.25) is 5.91 Å². The number of nitrogens with one attached hydrogen (secondary N) is 1. The fraction of sp³-hybridized carbons (Fsp3) is 0.136. The van der Waals surface area contributed by atoms with Crippen LogP contribution in [0.15, 0.2) is 72.8 Å². The van der Waals surface area contributed by atoms with E-state index in [9.17, 15) is 9.18 Å². The molecule has 1 atom stereocenters. The molecule has 3 aromatic rings. The molecule has 3 rings (SSSR count). The van der Waals surface area contributed by atoms with Crippen LogP contribution in [0.4, 0.5) is 10.1 Å². The lowest BCUT2D eigenvalue weighted by Gasteiger charge is -2.14. The molecule has 0 radical (unpaired) electrons. The molecular weight excluding hydrogens is 329 g/mol. The van der Waals surface area contributed by atoms with Crippen LogP contribution in [0.5, 0.6) is 5.75 Å². The van der Waals surface area contributed by atoms with E-state index in [4.69, 9.17) is 4.74 Å². The third kappa shape index (κ3) is 3.91. The van der Waals surface area contributed by atoms with Gasteiger partial charge in [-0.3, -0.25) is 4.79 Å². The largest absolute Gasteiger partial charge is 0.497 e. The molecule has 0 aliphatic carbocycles. The molecule has 0 saturated carbocycles. The van der Waals surface area contributed by atoms with E-state index in [1.165, 1.54) is 6.07 Å². The number of hydrogen-bond donors (Lipinski definition) is 1. The topological polar surface area (TPSA) is 38.3 Å². The second-order valence-electron chi connectivity index (χ2n) is 6.05. The van der Waals surface area contributed by atoms with Gasteiger partial charge in [0.1, 0.15) is 11.6 Å². The Labute approximate surface area is 152 Å². The Morgan fingerprint density at radius 1 is 1.00 bits per heavy atom. The third-order valence-electron chi connectivity index (χ3n) is 4.31. The standard InChI is InChI=1S/C22H20FNO2/c1-15(22(25)24-18-9-6-10-19(14-18)26-2)17-11-12-20(21(23)13-17)16-7-4-3-5-8-16/h3-15H,1-2H3,(H,24,25). The molecule has 26 heavy (non-hydrogen) atoms. The number of methoxy groups -OCH3 is 1. The summed E-state index contributed by atoms with van der Waals surface area (Å²) in [5.74, 6) is -0.367. The Morgan fingerprint density at radius 3 is 2.46 bits per heavy atom. The summed E-state index contributed by atoms with van der Waals surface area (Å²) in [6, 6.07) is 21.4. The molecule has 0 saturated heterocycles.